The number of hydrogen-bond acceptors (Lipinski definition) is 3. The first-order chi connectivity index (χ1) is 6.59. The van der Waals surface area contributed by atoms with E-state index in [1.807, 2.05) is 0 Å². The number of benzene rings is 1. The number of esters is 1. The highest BCUT2D eigenvalue weighted by atomic mass is 79.9. The number of carbonyl (C=O) groups excluding carboxylic acids is 1. The molecule has 0 atom stereocenters. The van der Waals surface area contributed by atoms with Gasteiger partial charge in [0.1, 0.15) is 11.5 Å². The lowest BCUT2D eigenvalue weighted by Gasteiger charge is -2.18. The molecule has 0 fully saturated rings. The van der Waals surface area contributed by atoms with Crippen molar-refractivity contribution >= 4 is 37.8 Å². The largest absolute Gasteiger partial charge is 0.506 e. The van der Waals surface area contributed by atoms with E-state index in [0.29, 0.717) is 27.5 Å². The molecule has 5 heteroatoms. The maximum Gasteiger partial charge on any atom is 0.311 e. The number of aromatic hydroxyl groups is 1. The fourth-order valence-corrected chi connectivity index (χ4v) is 2.63. The van der Waals surface area contributed by atoms with Gasteiger partial charge in [-0.1, -0.05) is 0 Å². The summed E-state index contributed by atoms with van der Waals surface area (Å²) in [7, 11) is 0. The molecular formula is C9H6Br2O3. The average Bonchev–Trinajstić information content (AvgIpc) is 2.14. The summed E-state index contributed by atoms with van der Waals surface area (Å²) in [6.45, 7) is 0. The first-order valence-electron chi connectivity index (χ1n) is 4.00. The van der Waals surface area contributed by atoms with Gasteiger partial charge < -0.3 is 9.84 Å². The molecule has 1 N–H and O–H groups in total. The van der Waals surface area contributed by atoms with Crippen molar-refractivity contribution in [1.82, 2.24) is 0 Å². The molecule has 1 aromatic carbocycles. The molecule has 0 radical (unpaired) electrons. The van der Waals surface area contributed by atoms with Gasteiger partial charge in [-0.2, -0.15) is 0 Å². The van der Waals surface area contributed by atoms with Gasteiger partial charge in [0.25, 0.3) is 0 Å². The molecule has 3 nitrogen and oxygen atoms in total. The van der Waals surface area contributed by atoms with Crippen LogP contribution in [0.5, 0.6) is 11.5 Å². The lowest BCUT2D eigenvalue weighted by Crippen LogP contribution is -2.16. The summed E-state index contributed by atoms with van der Waals surface area (Å²) in [4.78, 5) is 11.0. The predicted octanol–water partition coefficient (Wildman–Crippen LogP) is 2.77. The lowest BCUT2D eigenvalue weighted by atomic mass is 10.1. The van der Waals surface area contributed by atoms with Crippen molar-refractivity contribution < 1.29 is 14.6 Å². The van der Waals surface area contributed by atoms with Crippen molar-refractivity contribution in [2.75, 3.05) is 0 Å². The third-order valence-electron chi connectivity index (χ3n) is 2.06. The molecule has 74 valence electrons. The van der Waals surface area contributed by atoms with Gasteiger partial charge in [0.15, 0.2) is 0 Å². The van der Waals surface area contributed by atoms with Crippen LogP contribution in [0.3, 0.4) is 0 Å². The highest BCUT2D eigenvalue weighted by Gasteiger charge is 2.22. The standard InChI is InChI=1S/C9H6Br2O3/c10-5-3-6-4(8(11)9(5)13)1-2-7(12)14-6/h3,13H,1-2H2. The normalized spacial score (nSPS) is 14.9. The smallest absolute Gasteiger partial charge is 0.311 e. The molecule has 1 heterocycles. The van der Waals surface area contributed by atoms with Gasteiger partial charge in [-0.25, -0.2) is 0 Å². The van der Waals surface area contributed by atoms with Crippen LogP contribution in [0.15, 0.2) is 15.0 Å². The van der Waals surface area contributed by atoms with Gasteiger partial charge in [0, 0.05) is 5.56 Å². The van der Waals surface area contributed by atoms with E-state index < -0.39 is 0 Å². The van der Waals surface area contributed by atoms with Gasteiger partial charge in [-0.15, -0.1) is 0 Å². The van der Waals surface area contributed by atoms with E-state index >= 15 is 0 Å². The Bertz CT molecular complexity index is 415. The minimum absolute atomic E-state index is 0.140. The van der Waals surface area contributed by atoms with Crippen LogP contribution in [0.2, 0.25) is 0 Å². The Labute approximate surface area is 97.3 Å². The number of fused-ring (bicyclic) bond motifs is 1. The summed E-state index contributed by atoms with van der Waals surface area (Å²) in [5.41, 5.74) is 0.838. The summed E-state index contributed by atoms with van der Waals surface area (Å²) in [5, 5.41) is 9.59. The zero-order valence-corrected chi connectivity index (χ0v) is 10.2. The van der Waals surface area contributed by atoms with Gasteiger partial charge in [-0.05, 0) is 44.3 Å². The highest BCUT2D eigenvalue weighted by Crippen LogP contribution is 2.42. The molecular weight excluding hydrogens is 316 g/mol. The summed E-state index contributed by atoms with van der Waals surface area (Å²) in [6, 6.07) is 1.60. The monoisotopic (exact) mass is 320 g/mol. The van der Waals surface area contributed by atoms with Crippen molar-refractivity contribution in [3.63, 3.8) is 0 Å². The maximum absolute atomic E-state index is 11.0. The summed E-state index contributed by atoms with van der Waals surface area (Å²) in [5.74, 6) is 0.418. The molecule has 0 saturated carbocycles. The van der Waals surface area contributed by atoms with Gasteiger partial charge in [0.2, 0.25) is 0 Å². The Balaban J connectivity index is 2.59. The van der Waals surface area contributed by atoms with Crippen LogP contribution in [-0.2, 0) is 11.2 Å². The number of halogens is 2. The van der Waals surface area contributed by atoms with Crippen LogP contribution in [0, 0.1) is 0 Å². The summed E-state index contributed by atoms with van der Waals surface area (Å²) in [6.07, 6.45) is 0.947. The number of phenolic OH excluding ortho intramolecular Hbond substituents is 1. The molecule has 0 spiro atoms. The lowest BCUT2D eigenvalue weighted by molar-refractivity contribution is -0.135. The van der Waals surface area contributed by atoms with E-state index in [1.54, 1.807) is 6.07 Å². The van der Waals surface area contributed by atoms with Crippen molar-refractivity contribution in [3.05, 3.63) is 20.6 Å². The van der Waals surface area contributed by atoms with Crippen LogP contribution < -0.4 is 4.74 Å². The van der Waals surface area contributed by atoms with Crippen LogP contribution in [0.4, 0.5) is 0 Å². The fraction of sp³-hybridized carbons (Fsp3) is 0.222. The second-order valence-corrected chi connectivity index (χ2v) is 4.62. The van der Waals surface area contributed by atoms with E-state index in [1.165, 1.54) is 0 Å². The van der Waals surface area contributed by atoms with Crippen LogP contribution in [-0.4, -0.2) is 11.1 Å². The molecule has 2 rings (SSSR count). The molecule has 0 bridgehead atoms. The van der Waals surface area contributed by atoms with E-state index in [0.717, 1.165) is 5.56 Å². The van der Waals surface area contributed by atoms with Crippen LogP contribution in [0.25, 0.3) is 0 Å². The van der Waals surface area contributed by atoms with Crippen molar-refractivity contribution in [1.29, 1.82) is 0 Å². The predicted molar refractivity (Wildman–Crippen MR) is 57.5 cm³/mol. The van der Waals surface area contributed by atoms with Crippen molar-refractivity contribution in [2.24, 2.45) is 0 Å². The zero-order valence-electron chi connectivity index (χ0n) is 7.01. The second-order valence-electron chi connectivity index (χ2n) is 2.97. The third kappa shape index (κ3) is 1.54. The number of phenols is 1. The molecule has 0 aromatic heterocycles. The number of rotatable bonds is 0. The Morgan fingerprint density at radius 3 is 2.79 bits per heavy atom. The summed E-state index contributed by atoms with van der Waals surface area (Å²) >= 11 is 6.44. The zero-order chi connectivity index (χ0) is 10.3. The van der Waals surface area contributed by atoms with E-state index in [-0.39, 0.29) is 11.7 Å². The first-order valence-corrected chi connectivity index (χ1v) is 5.58. The number of ether oxygens (including phenoxy) is 1. The first kappa shape index (κ1) is 9.98. The van der Waals surface area contributed by atoms with Crippen molar-refractivity contribution in [2.45, 2.75) is 12.8 Å². The molecule has 0 saturated heterocycles. The molecule has 1 aromatic rings. The van der Waals surface area contributed by atoms with Crippen LogP contribution in [0.1, 0.15) is 12.0 Å². The minimum Gasteiger partial charge on any atom is -0.506 e. The third-order valence-corrected chi connectivity index (χ3v) is 3.52. The van der Waals surface area contributed by atoms with E-state index in [9.17, 15) is 9.90 Å². The molecule has 1 aliphatic rings. The van der Waals surface area contributed by atoms with E-state index in [2.05, 4.69) is 31.9 Å². The fourth-order valence-electron chi connectivity index (χ4n) is 1.35. The summed E-state index contributed by atoms with van der Waals surface area (Å²) < 4.78 is 6.14. The molecule has 14 heavy (non-hydrogen) atoms. The highest BCUT2D eigenvalue weighted by molar-refractivity contribution is 9.11. The average molecular weight is 322 g/mol. The van der Waals surface area contributed by atoms with Gasteiger partial charge in [-0.3, -0.25) is 4.79 Å². The Hall–Kier alpha value is -0.550. The van der Waals surface area contributed by atoms with Crippen LogP contribution >= 0.6 is 31.9 Å². The molecule has 0 aliphatic carbocycles. The minimum atomic E-state index is -0.234. The quantitative estimate of drug-likeness (QED) is 0.590. The molecule has 0 unspecified atom stereocenters. The molecule has 1 aliphatic heterocycles. The number of hydrogen-bond donors (Lipinski definition) is 1. The van der Waals surface area contributed by atoms with Gasteiger partial charge in [0.05, 0.1) is 15.4 Å². The maximum atomic E-state index is 11.0. The van der Waals surface area contributed by atoms with Gasteiger partial charge >= 0.3 is 5.97 Å². The molecule has 0 amide bonds. The van der Waals surface area contributed by atoms with Crippen molar-refractivity contribution in [3.8, 4) is 11.5 Å². The topological polar surface area (TPSA) is 46.5 Å². The Morgan fingerprint density at radius 1 is 1.36 bits per heavy atom. The Kier molecular flexibility index (Phi) is 2.53. The van der Waals surface area contributed by atoms with E-state index in [4.69, 9.17) is 4.74 Å². The SMILES string of the molecule is O=C1CCc2c(cc(Br)c(O)c2Br)O1. The number of carbonyl (C=O) groups is 1. The second kappa shape index (κ2) is 3.55. The Morgan fingerprint density at radius 2 is 2.07 bits per heavy atom.